The number of aliphatic imine (C=N–C) groups is 1. The second-order valence-corrected chi connectivity index (χ2v) is 6.55. The van der Waals surface area contributed by atoms with Crippen LogP contribution in [0.3, 0.4) is 0 Å². The molecule has 0 aromatic heterocycles. The molecule has 1 aliphatic heterocycles. The molecule has 0 amide bonds. The minimum Gasteiger partial charge on any atom is -0.381 e. The van der Waals surface area contributed by atoms with Gasteiger partial charge < -0.3 is 20.1 Å². The monoisotopic (exact) mass is 365 g/mol. The minimum atomic E-state index is -0.191. The van der Waals surface area contributed by atoms with Crippen molar-refractivity contribution in [2.75, 3.05) is 46.1 Å². The zero-order valence-electron chi connectivity index (χ0n) is 15.8. The Morgan fingerprint density at radius 2 is 2.15 bits per heavy atom. The summed E-state index contributed by atoms with van der Waals surface area (Å²) < 4.78 is 24.3. The molecule has 0 saturated carbocycles. The van der Waals surface area contributed by atoms with Gasteiger partial charge in [0.2, 0.25) is 0 Å². The first-order chi connectivity index (χ1) is 12.8. The summed E-state index contributed by atoms with van der Waals surface area (Å²) in [5.74, 6) is 1.26. The highest BCUT2D eigenvalue weighted by Gasteiger charge is 2.13. The predicted octanol–water partition coefficient (Wildman–Crippen LogP) is 2.76. The maximum atomic E-state index is 13.2. The van der Waals surface area contributed by atoms with E-state index >= 15 is 0 Å². The fourth-order valence-corrected chi connectivity index (χ4v) is 2.88. The summed E-state index contributed by atoms with van der Waals surface area (Å²) in [7, 11) is 0. The number of nitrogens with zero attached hydrogens (tertiary/aromatic N) is 1. The smallest absolute Gasteiger partial charge is 0.191 e. The molecule has 5 nitrogen and oxygen atoms in total. The fourth-order valence-electron chi connectivity index (χ4n) is 2.88. The molecular formula is C20H32FN3O2. The Kier molecular flexibility index (Phi) is 10.1. The zero-order chi connectivity index (χ0) is 18.5. The second-order valence-electron chi connectivity index (χ2n) is 6.55. The van der Waals surface area contributed by atoms with E-state index in [4.69, 9.17) is 9.47 Å². The van der Waals surface area contributed by atoms with Gasteiger partial charge in [0.05, 0.1) is 0 Å². The zero-order valence-corrected chi connectivity index (χ0v) is 15.8. The van der Waals surface area contributed by atoms with Crippen LogP contribution in [0.15, 0.2) is 29.3 Å². The number of rotatable bonds is 10. The van der Waals surface area contributed by atoms with E-state index in [2.05, 4.69) is 15.6 Å². The van der Waals surface area contributed by atoms with Gasteiger partial charge in [0, 0.05) is 46.1 Å². The van der Waals surface area contributed by atoms with Crippen molar-refractivity contribution in [2.45, 2.75) is 32.6 Å². The Morgan fingerprint density at radius 1 is 1.31 bits per heavy atom. The lowest BCUT2D eigenvalue weighted by Gasteiger charge is -2.21. The van der Waals surface area contributed by atoms with Gasteiger partial charge in [-0.05, 0) is 56.2 Å². The average Bonchev–Trinajstić information content (AvgIpc) is 2.65. The number of halogens is 1. The van der Waals surface area contributed by atoms with Gasteiger partial charge in [-0.2, -0.15) is 0 Å². The third kappa shape index (κ3) is 8.63. The molecule has 1 heterocycles. The molecule has 0 atom stereocenters. The molecule has 1 aromatic carbocycles. The van der Waals surface area contributed by atoms with E-state index < -0.39 is 0 Å². The normalized spacial score (nSPS) is 15.8. The van der Waals surface area contributed by atoms with E-state index in [1.165, 1.54) is 6.07 Å². The number of hydrogen-bond donors (Lipinski definition) is 2. The first-order valence-electron chi connectivity index (χ1n) is 9.70. The molecule has 1 saturated heterocycles. The van der Waals surface area contributed by atoms with Gasteiger partial charge in [-0.25, -0.2) is 4.39 Å². The third-order valence-electron chi connectivity index (χ3n) is 4.35. The first-order valence-corrected chi connectivity index (χ1v) is 9.70. The van der Waals surface area contributed by atoms with Gasteiger partial charge in [0.25, 0.3) is 0 Å². The van der Waals surface area contributed by atoms with Gasteiger partial charge in [-0.15, -0.1) is 0 Å². The standard InChI is InChI=1S/C20H32FN3O2/c1-2-22-20(24-11-7-17-5-3-6-19(21)15-17)23-10-4-12-26-16-18-8-13-25-14-9-18/h3,5-6,15,18H,2,4,7-14,16H2,1H3,(H2,22,23,24). The highest BCUT2D eigenvalue weighted by Crippen LogP contribution is 2.14. The van der Waals surface area contributed by atoms with Crippen LogP contribution in [0.2, 0.25) is 0 Å². The summed E-state index contributed by atoms with van der Waals surface area (Å²) >= 11 is 0. The van der Waals surface area contributed by atoms with E-state index in [9.17, 15) is 4.39 Å². The topological polar surface area (TPSA) is 54.9 Å². The lowest BCUT2D eigenvalue weighted by atomic mass is 10.0. The van der Waals surface area contributed by atoms with Crippen molar-refractivity contribution in [3.05, 3.63) is 35.6 Å². The van der Waals surface area contributed by atoms with E-state index in [0.29, 0.717) is 5.92 Å². The van der Waals surface area contributed by atoms with Crippen LogP contribution < -0.4 is 10.6 Å². The minimum absolute atomic E-state index is 0.191. The van der Waals surface area contributed by atoms with E-state index in [1.807, 2.05) is 13.0 Å². The Bertz CT molecular complexity index is 534. The van der Waals surface area contributed by atoms with Crippen LogP contribution in [-0.4, -0.2) is 52.0 Å². The summed E-state index contributed by atoms with van der Waals surface area (Å²) in [5, 5.41) is 6.53. The van der Waals surface area contributed by atoms with Crippen LogP contribution in [0.1, 0.15) is 31.7 Å². The molecule has 2 rings (SSSR count). The fraction of sp³-hybridized carbons (Fsp3) is 0.650. The van der Waals surface area contributed by atoms with E-state index in [0.717, 1.165) is 83.3 Å². The molecule has 1 fully saturated rings. The van der Waals surface area contributed by atoms with Crippen molar-refractivity contribution in [3.8, 4) is 0 Å². The Balaban J connectivity index is 1.59. The predicted molar refractivity (Wildman–Crippen MR) is 103 cm³/mol. The summed E-state index contributed by atoms with van der Waals surface area (Å²) in [5.41, 5.74) is 0.981. The second kappa shape index (κ2) is 12.7. The molecule has 0 aliphatic carbocycles. The quantitative estimate of drug-likeness (QED) is 0.380. The summed E-state index contributed by atoms with van der Waals surface area (Å²) in [6, 6.07) is 6.71. The van der Waals surface area contributed by atoms with Gasteiger partial charge in [0.15, 0.2) is 5.96 Å². The largest absolute Gasteiger partial charge is 0.381 e. The summed E-state index contributed by atoms with van der Waals surface area (Å²) in [4.78, 5) is 4.57. The van der Waals surface area contributed by atoms with E-state index in [-0.39, 0.29) is 5.82 Å². The highest BCUT2D eigenvalue weighted by atomic mass is 19.1. The highest BCUT2D eigenvalue weighted by molar-refractivity contribution is 5.79. The molecule has 1 aromatic rings. The molecule has 0 unspecified atom stereocenters. The Hall–Kier alpha value is -1.66. The average molecular weight is 365 g/mol. The number of hydrogen-bond acceptors (Lipinski definition) is 3. The first kappa shape index (κ1) is 20.6. The van der Waals surface area contributed by atoms with Crippen molar-refractivity contribution in [2.24, 2.45) is 10.9 Å². The number of benzene rings is 1. The molecule has 26 heavy (non-hydrogen) atoms. The molecule has 146 valence electrons. The van der Waals surface area contributed by atoms with Gasteiger partial charge >= 0.3 is 0 Å². The molecular weight excluding hydrogens is 333 g/mol. The van der Waals surface area contributed by atoms with Gasteiger partial charge in [-0.1, -0.05) is 12.1 Å². The van der Waals surface area contributed by atoms with Crippen LogP contribution in [0.5, 0.6) is 0 Å². The summed E-state index contributed by atoms with van der Waals surface area (Å²) in [6.45, 7) is 7.60. The van der Waals surface area contributed by atoms with Crippen LogP contribution >= 0.6 is 0 Å². The molecule has 1 aliphatic rings. The molecule has 6 heteroatoms. The molecule has 2 N–H and O–H groups in total. The SMILES string of the molecule is CCNC(=NCCCOCC1CCOCC1)NCCc1cccc(F)c1. The van der Waals surface area contributed by atoms with Crippen LogP contribution in [-0.2, 0) is 15.9 Å². The lowest BCUT2D eigenvalue weighted by Crippen LogP contribution is -2.38. The van der Waals surface area contributed by atoms with Crippen molar-refractivity contribution in [1.82, 2.24) is 10.6 Å². The third-order valence-corrected chi connectivity index (χ3v) is 4.35. The number of ether oxygens (including phenoxy) is 2. The van der Waals surface area contributed by atoms with Gasteiger partial charge in [0.1, 0.15) is 5.82 Å². The van der Waals surface area contributed by atoms with Crippen LogP contribution in [0, 0.1) is 11.7 Å². The van der Waals surface area contributed by atoms with Crippen LogP contribution in [0.4, 0.5) is 4.39 Å². The maximum absolute atomic E-state index is 13.2. The Morgan fingerprint density at radius 3 is 2.92 bits per heavy atom. The molecule has 0 spiro atoms. The molecule has 0 radical (unpaired) electrons. The van der Waals surface area contributed by atoms with Crippen molar-refractivity contribution in [1.29, 1.82) is 0 Å². The van der Waals surface area contributed by atoms with Gasteiger partial charge in [-0.3, -0.25) is 4.99 Å². The number of nitrogens with one attached hydrogen (secondary N) is 2. The van der Waals surface area contributed by atoms with Crippen molar-refractivity contribution >= 4 is 5.96 Å². The summed E-state index contributed by atoms with van der Waals surface area (Å²) in [6.07, 6.45) is 3.88. The van der Waals surface area contributed by atoms with E-state index in [1.54, 1.807) is 12.1 Å². The number of guanidine groups is 1. The maximum Gasteiger partial charge on any atom is 0.191 e. The van der Waals surface area contributed by atoms with Crippen LogP contribution in [0.25, 0.3) is 0 Å². The Labute approximate surface area is 156 Å². The lowest BCUT2D eigenvalue weighted by molar-refractivity contribution is 0.0205. The molecule has 0 bridgehead atoms. The van der Waals surface area contributed by atoms with Crippen molar-refractivity contribution in [3.63, 3.8) is 0 Å². The van der Waals surface area contributed by atoms with Crippen molar-refractivity contribution < 1.29 is 13.9 Å².